The topological polar surface area (TPSA) is 87.7 Å². The van der Waals surface area contributed by atoms with Crippen LogP contribution in [-0.4, -0.2) is 36.1 Å². The number of rotatable bonds is 7. The van der Waals surface area contributed by atoms with E-state index in [-0.39, 0.29) is 12.2 Å². The smallest absolute Gasteiger partial charge is 0.411 e. The van der Waals surface area contributed by atoms with Crippen LogP contribution in [0.1, 0.15) is 51.5 Å². The SMILES string of the molecule is C[C@@H](OC(=O)Nc1ccc(-c2c(N)c3ccc(OC4CCOCC4)cc3n2C2CC2)cc1)C1CC1. The van der Waals surface area contributed by atoms with Crippen molar-refractivity contribution in [2.24, 2.45) is 5.92 Å². The van der Waals surface area contributed by atoms with Gasteiger partial charge in [0.2, 0.25) is 0 Å². The highest BCUT2D eigenvalue weighted by atomic mass is 16.6. The predicted octanol–water partition coefficient (Wildman–Crippen LogP) is 6.13. The lowest BCUT2D eigenvalue weighted by Crippen LogP contribution is -2.25. The molecule has 0 radical (unpaired) electrons. The Hall–Kier alpha value is -3.19. The molecule has 1 amide bonds. The predicted molar refractivity (Wildman–Crippen MR) is 137 cm³/mol. The van der Waals surface area contributed by atoms with E-state index >= 15 is 0 Å². The Kier molecular flexibility index (Phi) is 5.80. The molecule has 3 fully saturated rings. The zero-order chi connectivity index (χ0) is 23.9. The minimum absolute atomic E-state index is 0.0383. The average molecular weight is 476 g/mol. The van der Waals surface area contributed by atoms with Gasteiger partial charge in [0, 0.05) is 41.6 Å². The maximum Gasteiger partial charge on any atom is 0.411 e. The van der Waals surface area contributed by atoms with Crippen molar-refractivity contribution in [1.29, 1.82) is 0 Å². The van der Waals surface area contributed by atoms with Gasteiger partial charge in [-0.1, -0.05) is 12.1 Å². The van der Waals surface area contributed by atoms with Gasteiger partial charge in [0.05, 0.1) is 30.1 Å². The Bertz CT molecular complexity index is 1220. The van der Waals surface area contributed by atoms with E-state index in [4.69, 9.17) is 19.9 Å². The largest absolute Gasteiger partial charge is 0.490 e. The van der Waals surface area contributed by atoms with E-state index < -0.39 is 6.09 Å². The van der Waals surface area contributed by atoms with Crippen LogP contribution in [0.5, 0.6) is 5.75 Å². The van der Waals surface area contributed by atoms with Crippen molar-refractivity contribution in [3.05, 3.63) is 42.5 Å². The minimum Gasteiger partial charge on any atom is -0.490 e. The molecular formula is C28H33N3O4. The van der Waals surface area contributed by atoms with E-state index in [2.05, 4.69) is 22.0 Å². The van der Waals surface area contributed by atoms with Crippen LogP contribution in [0.25, 0.3) is 22.2 Å². The standard InChI is InChI=1S/C28H33N3O4/c1-17(18-2-3-18)34-28(32)30-20-6-4-19(5-7-20)27-26(29)24-11-10-23(35-22-12-14-33-15-13-22)16-25(24)31(27)21-8-9-21/h4-7,10-11,16-18,21-22H,2-3,8-9,12-15,29H2,1H3,(H,30,32)/t17-/m1/s1. The van der Waals surface area contributed by atoms with Crippen molar-refractivity contribution in [3.63, 3.8) is 0 Å². The van der Waals surface area contributed by atoms with Crippen molar-refractivity contribution >= 4 is 28.4 Å². The Balaban J connectivity index is 1.26. The molecule has 2 heterocycles. The van der Waals surface area contributed by atoms with Gasteiger partial charge in [0.1, 0.15) is 18.0 Å². The molecule has 1 aromatic heterocycles. The number of anilines is 2. The fourth-order valence-electron chi connectivity index (χ4n) is 5.07. The third-order valence-electron chi connectivity index (χ3n) is 7.38. The second-order valence-corrected chi connectivity index (χ2v) is 10.1. The summed E-state index contributed by atoms with van der Waals surface area (Å²) in [5.74, 6) is 1.40. The number of benzene rings is 2. The second-order valence-electron chi connectivity index (χ2n) is 10.1. The third-order valence-corrected chi connectivity index (χ3v) is 7.38. The zero-order valence-corrected chi connectivity index (χ0v) is 20.2. The van der Waals surface area contributed by atoms with E-state index in [1.165, 1.54) is 0 Å². The van der Waals surface area contributed by atoms with E-state index in [0.717, 1.165) is 85.3 Å². The first-order valence-electron chi connectivity index (χ1n) is 12.8. The molecule has 2 aliphatic carbocycles. The number of amides is 1. The lowest BCUT2D eigenvalue weighted by molar-refractivity contribution is 0.0256. The van der Waals surface area contributed by atoms with Gasteiger partial charge in [-0.3, -0.25) is 5.32 Å². The van der Waals surface area contributed by atoms with Crippen LogP contribution in [-0.2, 0) is 9.47 Å². The molecule has 3 aromatic rings. The van der Waals surface area contributed by atoms with E-state index in [1.807, 2.05) is 37.3 Å². The number of fused-ring (bicyclic) bond motifs is 1. The third kappa shape index (κ3) is 4.69. The fourth-order valence-corrected chi connectivity index (χ4v) is 5.07. The molecule has 35 heavy (non-hydrogen) atoms. The molecule has 3 aliphatic rings. The lowest BCUT2D eigenvalue weighted by Gasteiger charge is -2.23. The van der Waals surface area contributed by atoms with Crippen molar-refractivity contribution < 1.29 is 19.0 Å². The molecule has 2 saturated carbocycles. The van der Waals surface area contributed by atoms with Gasteiger partial charge in [-0.2, -0.15) is 0 Å². The van der Waals surface area contributed by atoms with Gasteiger partial charge >= 0.3 is 6.09 Å². The molecule has 0 unspecified atom stereocenters. The molecule has 2 aromatic carbocycles. The molecule has 3 N–H and O–H groups in total. The highest BCUT2D eigenvalue weighted by Gasteiger charge is 2.31. The van der Waals surface area contributed by atoms with E-state index in [1.54, 1.807) is 0 Å². The summed E-state index contributed by atoms with van der Waals surface area (Å²) < 4.78 is 19.6. The van der Waals surface area contributed by atoms with E-state index in [9.17, 15) is 4.79 Å². The van der Waals surface area contributed by atoms with Crippen LogP contribution < -0.4 is 15.8 Å². The molecule has 1 saturated heterocycles. The van der Waals surface area contributed by atoms with Crippen LogP contribution in [0.2, 0.25) is 0 Å². The van der Waals surface area contributed by atoms with Crippen molar-refractivity contribution in [3.8, 4) is 17.0 Å². The first-order chi connectivity index (χ1) is 17.1. The molecule has 1 aliphatic heterocycles. The summed E-state index contributed by atoms with van der Waals surface area (Å²) in [5, 5.41) is 3.89. The number of nitrogens with one attached hydrogen (secondary N) is 1. The normalized spacial score (nSPS) is 19.5. The number of carbonyl (C=O) groups excluding carboxylic acids is 1. The Morgan fingerprint density at radius 1 is 1.06 bits per heavy atom. The first kappa shape index (κ1) is 22.3. The number of hydrogen-bond donors (Lipinski definition) is 2. The van der Waals surface area contributed by atoms with Crippen LogP contribution in [0.15, 0.2) is 42.5 Å². The summed E-state index contributed by atoms with van der Waals surface area (Å²) in [6, 6.07) is 14.5. The lowest BCUT2D eigenvalue weighted by atomic mass is 10.1. The summed E-state index contributed by atoms with van der Waals surface area (Å²) >= 11 is 0. The van der Waals surface area contributed by atoms with Crippen LogP contribution in [0, 0.1) is 5.92 Å². The molecule has 6 rings (SSSR count). The number of aromatic nitrogens is 1. The van der Waals surface area contributed by atoms with Crippen molar-refractivity contribution in [2.45, 2.75) is 63.7 Å². The minimum atomic E-state index is -0.402. The molecule has 0 bridgehead atoms. The number of nitrogens with zero attached hydrogens (tertiary/aromatic N) is 1. The average Bonchev–Trinajstić information content (AvgIpc) is 3.78. The van der Waals surface area contributed by atoms with Crippen LogP contribution >= 0.6 is 0 Å². The quantitative estimate of drug-likeness (QED) is 0.429. The summed E-state index contributed by atoms with van der Waals surface area (Å²) in [6.45, 7) is 3.47. The number of ether oxygens (including phenoxy) is 3. The Morgan fingerprint density at radius 2 is 1.80 bits per heavy atom. The number of nitrogen functional groups attached to an aromatic ring is 1. The number of nitrogens with two attached hydrogens (primary N) is 1. The molecule has 0 spiro atoms. The Labute approximate surface area is 205 Å². The maximum atomic E-state index is 12.2. The van der Waals surface area contributed by atoms with Gasteiger partial charge in [0.15, 0.2) is 0 Å². The highest BCUT2D eigenvalue weighted by molar-refractivity contribution is 6.02. The highest BCUT2D eigenvalue weighted by Crippen LogP contribution is 2.47. The maximum absolute atomic E-state index is 12.2. The van der Waals surface area contributed by atoms with Gasteiger partial charge in [-0.05, 0) is 62.8 Å². The van der Waals surface area contributed by atoms with E-state index in [0.29, 0.717) is 17.6 Å². The zero-order valence-electron chi connectivity index (χ0n) is 20.2. The fraction of sp³-hybridized carbons (Fsp3) is 0.464. The number of carbonyl (C=O) groups is 1. The number of hydrogen-bond acceptors (Lipinski definition) is 5. The first-order valence-corrected chi connectivity index (χ1v) is 12.8. The second kappa shape index (κ2) is 9.11. The summed E-state index contributed by atoms with van der Waals surface area (Å²) in [4.78, 5) is 12.2. The summed E-state index contributed by atoms with van der Waals surface area (Å²) in [5.41, 5.74) is 11.4. The van der Waals surface area contributed by atoms with Gasteiger partial charge in [0.25, 0.3) is 0 Å². The summed E-state index contributed by atoms with van der Waals surface area (Å²) in [7, 11) is 0. The van der Waals surface area contributed by atoms with Gasteiger partial charge < -0.3 is 24.5 Å². The van der Waals surface area contributed by atoms with Gasteiger partial charge in [-0.15, -0.1) is 0 Å². The molecule has 184 valence electrons. The monoisotopic (exact) mass is 475 g/mol. The van der Waals surface area contributed by atoms with Gasteiger partial charge in [-0.25, -0.2) is 4.79 Å². The van der Waals surface area contributed by atoms with Crippen molar-refractivity contribution in [1.82, 2.24) is 4.57 Å². The van der Waals surface area contributed by atoms with Crippen molar-refractivity contribution in [2.75, 3.05) is 24.3 Å². The molecule has 7 heteroatoms. The molecule has 7 nitrogen and oxygen atoms in total. The van der Waals surface area contributed by atoms with Crippen LogP contribution in [0.3, 0.4) is 0 Å². The van der Waals surface area contributed by atoms with Crippen LogP contribution in [0.4, 0.5) is 16.2 Å². The Morgan fingerprint density at radius 3 is 2.49 bits per heavy atom. The molecular weight excluding hydrogens is 442 g/mol. The summed E-state index contributed by atoms with van der Waals surface area (Å²) in [6.07, 6.45) is 6.17. The molecule has 1 atom stereocenters.